The molecule has 0 radical (unpaired) electrons. The Morgan fingerprint density at radius 3 is 0.778 bits per heavy atom. The normalized spacial score (nSPS) is 12.0. The van der Waals surface area contributed by atoms with Crippen molar-refractivity contribution in [3.8, 4) is 0 Å². The van der Waals surface area contributed by atoms with Crippen LogP contribution in [0.15, 0.2) is 0 Å². The highest BCUT2D eigenvalue weighted by molar-refractivity contribution is 5.71. The first-order valence-electron chi connectivity index (χ1n) is 28.2. The van der Waals surface area contributed by atoms with E-state index in [1.54, 1.807) is 0 Å². The quantitative estimate of drug-likeness (QED) is 0.0344. The van der Waals surface area contributed by atoms with Gasteiger partial charge in [-0.05, 0) is 31.1 Å². The Balaban J connectivity index is 4.25. The molecular weight excluding hydrogens is 781 g/mol. The minimum absolute atomic E-state index is 0.0635. The summed E-state index contributed by atoms with van der Waals surface area (Å²) < 4.78 is 16.9. The van der Waals surface area contributed by atoms with Gasteiger partial charge >= 0.3 is 17.9 Å². The number of carbonyl (C=O) groups is 3. The molecule has 0 unspecified atom stereocenters. The monoisotopic (exact) mass is 891 g/mol. The second-order valence-electron chi connectivity index (χ2n) is 20.5. The number of rotatable bonds is 51. The van der Waals surface area contributed by atoms with Crippen molar-refractivity contribution >= 4 is 17.9 Å². The van der Waals surface area contributed by atoms with Crippen LogP contribution >= 0.6 is 0 Å². The van der Waals surface area contributed by atoms with Gasteiger partial charge in [0.1, 0.15) is 13.2 Å². The fourth-order valence-electron chi connectivity index (χ4n) is 8.70. The van der Waals surface area contributed by atoms with E-state index in [4.69, 9.17) is 14.2 Å². The number of ether oxygens (including phenoxy) is 3. The first-order chi connectivity index (χ1) is 30.7. The topological polar surface area (TPSA) is 78.9 Å². The van der Waals surface area contributed by atoms with Crippen LogP contribution in [0.3, 0.4) is 0 Å². The predicted octanol–water partition coefficient (Wildman–Crippen LogP) is 18.5. The van der Waals surface area contributed by atoms with Gasteiger partial charge in [0.2, 0.25) is 0 Å². The Labute approximate surface area is 393 Å². The van der Waals surface area contributed by atoms with E-state index < -0.39 is 6.10 Å². The summed E-state index contributed by atoms with van der Waals surface area (Å²) >= 11 is 0. The molecule has 0 aliphatic rings. The molecule has 0 aliphatic heterocycles. The number of hydrogen-bond acceptors (Lipinski definition) is 6. The molecule has 6 heteroatoms. The number of hydrogen-bond donors (Lipinski definition) is 0. The molecule has 0 aromatic heterocycles. The van der Waals surface area contributed by atoms with Crippen LogP contribution in [-0.2, 0) is 28.6 Å². The first-order valence-corrected chi connectivity index (χ1v) is 28.2. The van der Waals surface area contributed by atoms with Crippen molar-refractivity contribution in [2.45, 2.75) is 323 Å². The zero-order valence-corrected chi connectivity index (χ0v) is 43.2. The number of esters is 3. The highest BCUT2D eigenvalue weighted by Gasteiger charge is 2.19. The van der Waals surface area contributed by atoms with Gasteiger partial charge in [-0.1, -0.05) is 279 Å². The predicted molar refractivity (Wildman–Crippen MR) is 270 cm³/mol. The van der Waals surface area contributed by atoms with Gasteiger partial charge in [0.15, 0.2) is 6.10 Å². The maximum Gasteiger partial charge on any atom is 0.306 e. The molecule has 0 N–H and O–H groups in total. The van der Waals surface area contributed by atoms with E-state index in [0.29, 0.717) is 19.3 Å². The van der Waals surface area contributed by atoms with Gasteiger partial charge in [0.25, 0.3) is 0 Å². The Morgan fingerprint density at radius 2 is 0.524 bits per heavy atom. The molecule has 0 aromatic carbocycles. The van der Waals surface area contributed by atoms with Crippen LogP contribution in [0.1, 0.15) is 317 Å². The maximum atomic E-state index is 12.8. The largest absolute Gasteiger partial charge is 0.462 e. The average Bonchev–Trinajstić information content (AvgIpc) is 3.25. The highest BCUT2D eigenvalue weighted by atomic mass is 16.6. The van der Waals surface area contributed by atoms with Crippen LogP contribution in [0.5, 0.6) is 0 Å². The van der Waals surface area contributed by atoms with E-state index in [9.17, 15) is 14.4 Å². The molecule has 0 spiro atoms. The second-order valence-corrected chi connectivity index (χ2v) is 20.5. The van der Waals surface area contributed by atoms with Crippen molar-refractivity contribution in [1.29, 1.82) is 0 Å². The minimum Gasteiger partial charge on any atom is -0.462 e. The van der Waals surface area contributed by atoms with Crippen LogP contribution in [0.4, 0.5) is 0 Å². The Kier molecular flexibility index (Phi) is 48.6. The fourth-order valence-corrected chi connectivity index (χ4v) is 8.70. The minimum atomic E-state index is -0.762. The molecule has 63 heavy (non-hydrogen) atoms. The van der Waals surface area contributed by atoms with E-state index in [2.05, 4.69) is 34.6 Å². The number of carbonyl (C=O) groups excluding carboxylic acids is 3. The van der Waals surface area contributed by atoms with E-state index in [-0.39, 0.29) is 31.1 Å². The molecule has 374 valence electrons. The molecule has 0 heterocycles. The fraction of sp³-hybridized carbons (Fsp3) is 0.947. The van der Waals surface area contributed by atoms with Crippen LogP contribution in [0, 0.1) is 11.8 Å². The lowest BCUT2D eigenvalue weighted by Crippen LogP contribution is -2.30. The van der Waals surface area contributed by atoms with Crippen molar-refractivity contribution in [2.75, 3.05) is 13.2 Å². The lowest BCUT2D eigenvalue weighted by atomic mass is 10.0. The summed E-state index contributed by atoms with van der Waals surface area (Å²) in [4.78, 5) is 38.0. The van der Waals surface area contributed by atoms with E-state index >= 15 is 0 Å². The molecular formula is C57H110O6. The van der Waals surface area contributed by atoms with Gasteiger partial charge in [0, 0.05) is 19.3 Å². The third-order valence-corrected chi connectivity index (χ3v) is 13.0. The zero-order chi connectivity index (χ0) is 46.1. The Hall–Kier alpha value is -1.59. The summed E-state index contributed by atoms with van der Waals surface area (Å²) in [7, 11) is 0. The Bertz CT molecular complexity index is 962. The second kappa shape index (κ2) is 49.8. The molecule has 6 nitrogen and oxygen atoms in total. The van der Waals surface area contributed by atoms with E-state index in [1.807, 2.05) is 0 Å². The van der Waals surface area contributed by atoms with Crippen molar-refractivity contribution in [1.82, 2.24) is 0 Å². The van der Waals surface area contributed by atoms with Gasteiger partial charge in [-0.3, -0.25) is 14.4 Å². The highest BCUT2D eigenvalue weighted by Crippen LogP contribution is 2.18. The van der Waals surface area contributed by atoms with Crippen LogP contribution in [0.2, 0.25) is 0 Å². The molecule has 0 saturated heterocycles. The third-order valence-electron chi connectivity index (χ3n) is 13.0. The van der Waals surface area contributed by atoms with Crippen LogP contribution in [-0.4, -0.2) is 37.2 Å². The summed E-state index contributed by atoms with van der Waals surface area (Å²) in [6.07, 6.45) is 52.5. The first kappa shape index (κ1) is 61.4. The SMILES string of the molecule is CCCCCCCCCCCCCCCCCCCC(=O)O[C@H](COC(=O)CCCCCCCCCCCCCCCCCC(C)C)COC(=O)CCCCCCCCCC(C)C. The zero-order valence-electron chi connectivity index (χ0n) is 43.2. The van der Waals surface area contributed by atoms with Gasteiger partial charge in [-0.2, -0.15) is 0 Å². The van der Waals surface area contributed by atoms with Gasteiger partial charge in [-0.15, -0.1) is 0 Å². The summed E-state index contributed by atoms with van der Waals surface area (Å²) in [5, 5.41) is 0. The van der Waals surface area contributed by atoms with Gasteiger partial charge in [-0.25, -0.2) is 0 Å². The number of unbranched alkanes of at least 4 members (excludes halogenated alkanes) is 36. The average molecular weight is 892 g/mol. The van der Waals surface area contributed by atoms with Gasteiger partial charge in [0.05, 0.1) is 0 Å². The van der Waals surface area contributed by atoms with Gasteiger partial charge < -0.3 is 14.2 Å². The smallest absolute Gasteiger partial charge is 0.306 e. The van der Waals surface area contributed by atoms with E-state index in [0.717, 1.165) is 69.6 Å². The standard InChI is InChI=1S/C57H110O6/c1-6-7-8-9-10-11-12-13-14-15-18-22-25-28-33-39-44-49-57(60)63-54(51-62-56(59)48-43-38-34-29-31-36-41-46-53(4)5)50-61-55(58)47-42-37-32-27-24-21-19-16-17-20-23-26-30-35-40-45-52(2)3/h52-54H,6-51H2,1-5H3/t54-/m1/s1. The molecule has 1 atom stereocenters. The summed E-state index contributed by atoms with van der Waals surface area (Å²) in [6, 6.07) is 0. The molecule has 0 bridgehead atoms. The molecule has 0 saturated carbocycles. The maximum absolute atomic E-state index is 12.8. The summed E-state index contributed by atoms with van der Waals surface area (Å²) in [6.45, 7) is 11.4. The molecule has 0 fully saturated rings. The molecule has 0 aliphatic carbocycles. The summed E-state index contributed by atoms with van der Waals surface area (Å²) in [5.74, 6) is 0.786. The van der Waals surface area contributed by atoms with Crippen molar-refractivity contribution in [3.05, 3.63) is 0 Å². The molecule has 0 amide bonds. The van der Waals surface area contributed by atoms with E-state index in [1.165, 1.54) is 205 Å². The van der Waals surface area contributed by atoms with Crippen LogP contribution < -0.4 is 0 Å². The summed E-state index contributed by atoms with van der Waals surface area (Å²) in [5.41, 5.74) is 0. The van der Waals surface area contributed by atoms with Crippen LogP contribution in [0.25, 0.3) is 0 Å². The lowest BCUT2D eigenvalue weighted by molar-refractivity contribution is -0.167. The lowest BCUT2D eigenvalue weighted by Gasteiger charge is -2.18. The van der Waals surface area contributed by atoms with Crippen molar-refractivity contribution < 1.29 is 28.6 Å². The van der Waals surface area contributed by atoms with Crippen molar-refractivity contribution in [2.24, 2.45) is 11.8 Å². The van der Waals surface area contributed by atoms with Crippen molar-refractivity contribution in [3.63, 3.8) is 0 Å². The Morgan fingerprint density at radius 1 is 0.302 bits per heavy atom. The third kappa shape index (κ3) is 51.3. The molecule has 0 rings (SSSR count). The molecule has 0 aromatic rings.